The van der Waals surface area contributed by atoms with Crippen molar-refractivity contribution in [1.29, 1.82) is 0 Å². The lowest BCUT2D eigenvalue weighted by molar-refractivity contribution is 0.107. The number of carbonyl (C=O) groups is 1. The maximum Gasteiger partial charge on any atom is 0.256 e. The first kappa shape index (κ1) is 26.3. The Hall–Kier alpha value is -3.76. The van der Waals surface area contributed by atoms with Gasteiger partial charge in [0.25, 0.3) is 5.24 Å². The molecule has 190 valence electrons. The summed E-state index contributed by atoms with van der Waals surface area (Å²) in [6.45, 7) is 1.63. The van der Waals surface area contributed by atoms with Crippen LogP contribution in [0.1, 0.15) is 41.6 Å². The van der Waals surface area contributed by atoms with Crippen LogP contribution in [0.25, 0.3) is 11.1 Å². The van der Waals surface area contributed by atoms with E-state index in [1.165, 1.54) is 11.1 Å². The van der Waals surface area contributed by atoms with E-state index in [4.69, 9.17) is 25.8 Å². The quantitative estimate of drug-likeness (QED) is 0.125. The standard InChI is InChI=1S/C32H31ClO4/c33-32(34)30-23-29(19-20-31(30)37-24-25-11-5-3-6-12-25)36-22-10-2-1-9-21-35-28-17-15-27(16-18-28)26-13-7-4-8-14-26/h3-8,11-20,23H,1-2,9-10,21-22,24H2. The molecule has 0 bridgehead atoms. The largest absolute Gasteiger partial charge is 0.494 e. The molecule has 4 aromatic rings. The van der Waals surface area contributed by atoms with E-state index in [2.05, 4.69) is 24.3 Å². The fourth-order valence-corrected chi connectivity index (χ4v) is 4.07. The summed E-state index contributed by atoms with van der Waals surface area (Å²) >= 11 is 5.79. The molecule has 0 unspecified atom stereocenters. The molecule has 0 aromatic heterocycles. The highest BCUT2D eigenvalue weighted by molar-refractivity contribution is 6.68. The number of rotatable bonds is 14. The Morgan fingerprint density at radius 3 is 1.81 bits per heavy atom. The SMILES string of the molecule is O=C(Cl)c1cc(OCCCCCCOc2ccc(-c3ccccc3)cc2)ccc1OCc1ccccc1. The van der Waals surface area contributed by atoms with Gasteiger partial charge >= 0.3 is 0 Å². The minimum atomic E-state index is -0.566. The van der Waals surface area contributed by atoms with Gasteiger partial charge in [-0.1, -0.05) is 72.8 Å². The van der Waals surface area contributed by atoms with Crippen molar-refractivity contribution in [3.63, 3.8) is 0 Å². The molecule has 0 N–H and O–H groups in total. The van der Waals surface area contributed by atoms with Crippen molar-refractivity contribution in [3.05, 3.63) is 114 Å². The van der Waals surface area contributed by atoms with Crippen LogP contribution in [-0.2, 0) is 6.61 Å². The van der Waals surface area contributed by atoms with Crippen LogP contribution >= 0.6 is 11.6 Å². The van der Waals surface area contributed by atoms with E-state index in [-0.39, 0.29) is 0 Å². The third-order valence-corrected chi connectivity index (χ3v) is 6.14. The summed E-state index contributed by atoms with van der Waals surface area (Å²) in [7, 11) is 0. The highest BCUT2D eigenvalue weighted by atomic mass is 35.5. The summed E-state index contributed by atoms with van der Waals surface area (Å²) in [5, 5.41) is -0.566. The molecule has 5 heteroatoms. The molecule has 0 fully saturated rings. The van der Waals surface area contributed by atoms with Crippen LogP contribution in [0.4, 0.5) is 0 Å². The Morgan fingerprint density at radius 1 is 0.595 bits per heavy atom. The lowest BCUT2D eigenvalue weighted by Crippen LogP contribution is -2.03. The summed E-state index contributed by atoms with van der Waals surface area (Å²) in [6.07, 6.45) is 4.00. The van der Waals surface area contributed by atoms with Crippen molar-refractivity contribution in [2.24, 2.45) is 0 Å². The summed E-state index contributed by atoms with van der Waals surface area (Å²) < 4.78 is 17.5. The molecular formula is C32H31ClO4. The molecule has 0 aliphatic carbocycles. The predicted molar refractivity (Wildman–Crippen MR) is 149 cm³/mol. The van der Waals surface area contributed by atoms with Gasteiger partial charge in [-0.25, -0.2) is 0 Å². The summed E-state index contributed by atoms with van der Waals surface area (Å²) in [4.78, 5) is 11.9. The molecule has 4 aromatic carbocycles. The van der Waals surface area contributed by atoms with E-state index in [1.807, 2.05) is 60.7 Å². The number of hydrogen-bond donors (Lipinski definition) is 0. The number of benzene rings is 4. The third kappa shape index (κ3) is 8.40. The van der Waals surface area contributed by atoms with Crippen LogP contribution in [0, 0.1) is 0 Å². The Labute approximate surface area is 223 Å². The van der Waals surface area contributed by atoms with Gasteiger partial charge in [0, 0.05) is 0 Å². The first-order chi connectivity index (χ1) is 18.2. The average Bonchev–Trinajstić information content (AvgIpc) is 2.95. The van der Waals surface area contributed by atoms with E-state index >= 15 is 0 Å². The Kier molecular flexibility index (Phi) is 10.0. The van der Waals surface area contributed by atoms with Gasteiger partial charge in [-0.05, 0) is 84.3 Å². The van der Waals surface area contributed by atoms with Crippen molar-refractivity contribution in [2.45, 2.75) is 32.3 Å². The van der Waals surface area contributed by atoms with Crippen LogP contribution in [0.5, 0.6) is 17.2 Å². The molecule has 0 aliphatic rings. The van der Waals surface area contributed by atoms with Crippen LogP contribution < -0.4 is 14.2 Å². The molecule has 0 spiro atoms. The van der Waals surface area contributed by atoms with Gasteiger partial charge < -0.3 is 14.2 Å². The molecule has 0 amide bonds. The van der Waals surface area contributed by atoms with Gasteiger partial charge in [-0.15, -0.1) is 0 Å². The van der Waals surface area contributed by atoms with Gasteiger partial charge in [-0.3, -0.25) is 4.79 Å². The molecule has 0 saturated heterocycles. The number of hydrogen-bond acceptors (Lipinski definition) is 4. The lowest BCUT2D eigenvalue weighted by Gasteiger charge is -2.12. The molecule has 0 heterocycles. The zero-order valence-electron chi connectivity index (χ0n) is 20.8. The molecule has 4 nitrogen and oxygen atoms in total. The predicted octanol–water partition coefficient (Wildman–Crippen LogP) is 8.33. The number of unbranched alkanes of at least 4 members (excludes halogenated alkanes) is 3. The molecule has 0 atom stereocenters. The third-order valence-electron chi connectivity index (χ3n) is 5.94. The Morgan fingerprint density at radius 2 is 1.16 bits per heavy atom. The second kappa shape index (κ2) is 14.1. The maximum absolute atomic E-state index is 11.9. The molecule has 37 heavy (non-hydrogen) atoms. The summed E-state index contributed by atoms with van der Waals surface area (Å²) in [5.74, 6) is 1.95. The number of ether oxygens (including phenoxy) is 3. The van der Waals surface area contributed by atoms with Gasteiger partial charge in [0.05, 0.1) is 18.8 Å². The molecule has 0 aliphatic heterocycles. The van der Waals surface area contributed by atoms with E-state index in [1.54, 1.807) is 18.2 Å². The van der Waals surface area contributed by atoms with Crippen molar-refractivity contribution < 1.29 is 19.0 Å². The highest BCUT2D eigenvalue weighted by Gasteiger charge is 2.12. The zero-order chi connectivity index (χ0) is 25.7. The van der Waals surface area contributed by atoms with E-state index < -0.39 is 5.24 Å². The number of carbonyl (C=O) groups excluding carboxylic acids is 1. The fourth-order valence-electron chi connectivity index (χ4n) is 3.93. The first-order valence-electron chi connectivity index (χ1n) is 12.6. The van der Waals surface area contributed by atoms with E-state index in [9.17, 15) is 4.79 Å². The first-order valence-corrected chi connectivity index (χ1v) is 13.0. The molecule has 0 saturated carbocycles. The Balaban J connectivity index is 1.12. The minimum Gasteiger partial charge on any atom is -0.494 e. The van der Waals surface area contributed by atoms with Gasteiger partial charge in [0.1, 0.15) is 23.9 Å². The molecular weight excluding hydrogens is 484 g/mol. The van der Waals surface area contributed by atoms with Crippen LogP contribution in [0.3, 0.4) is 0 Å². The summed E-state index contributed by atoms with van der Waals surface area (Å²) in [5.41, 5.74) is 3.71. The minimum absolute atomic E-state index is 0.309. The van der Waals surface area contributed by atoms with Gasteiger partial charge in [-0.2, -0.15) is 0 Å². The van der Waals surface area contributed by atoms with Crippen molar-refractivity contribution >= 4 is 16.8 Å². The maximum atomic E-state index is 11.9. The second-order valence-corrected chi connectivity index (χ2v) is 9.05. The number of halogens is 1. The average molecular weight is 515 g/mol. The Bertz CT molecular complexity index is 1240. The molecule has 4 rings (SSSR count). The monoisotopic (exact) mass is 514 g/mol. The van der Waals surface area contributed by atoms with Gasteiger partial charge in [0.2, 0.25) is 0 Å². The van der Waals surface area contributed by atoms with Crippen molar-refractivity contribution in [3.8, 4) is 28.4 Å². The van der Waals surface area contributed by atoms with E-state index in [0.29, 0.717) is 36.9 Å². The van der Waals surface area contributed by atoms with Crippen LogP contribution in [0.2, 0.25) is 0 Å². The van der Waals surface area contributed by atoms with Gasteiger partial charge in [0.15, 0.2) is 0 Å². The van der Waals surface area contributed by atoms with E-state index in [0.717, 1.165) is 37.0 Å². The zero-order valence-corrected chi connectivity index (χ0v) is 21.5. The van der Waals surface area contributed by atoms with Crippen LogP contribution in [0.15, 0.2) is 103 Å². The topological polar surface area (TPSA) is 44.8 Å². The van der Waals surface area contributed by atoms with Crippen molar-refractivity contribution in [1.82, 2.24) is 0 Å². The fraction of sp³-hybridized carbons (Fsp3) is 0.219. The smallest absolute Gasteiger partial charge is 0.256 e. The highest BCUT2D eigenvalue weighted by Crippen LogP contribution is 2.27. The summed E-state index contributed by atoms with van der Waals surface area (Å²) in [6, 6.07) is 33.5. The van der Waals surface area contributed by atoms with Crippen molar-refractivity contribution in [2.75, 3.05) is 13.2 Å². The molecule has 0 radical (unpaired) electrons. The normalized spacial score (nSPS) is 10.6. The second-order valence-electron chi connectivity index (χ2n) is 8.71. The lowest BCUT2D eigenvalue weighted by atomic mass is 10.1. The van der Waals surface area contributed by atoms with Crippen LogP contribution in [-0.4, -0.2) is 18.5 Å².